The van der Waals surface area contributed by atoms with Gasteiger partial charge in [-0.3, -0.25) is 0 Å². The second kappa shape index (κ2) is 5.44. The Morgan fingerprint density at radius 3 is 2.79 bits per heavy atom. The summed E-state index contributed by atoms with van der Waals surface area (Å²) in [6.45, 7) is 7.11. The number of hydrogen-bond acceptors (Lipinski definition) is 4. The zero-order chi connectivity index (χ0) is 10.6. The highest BCUT2D eigenvalue weighted by molar-refractivity contribution is 7.09. The number of thiazole rings is 1. The van der Waals surface area contributed by atoms with E-state index >= 15 is 0 Å². The van der Waals surface area contributed by atoms with Gasteiger partial charge in [0, 0.05) is 25.1 Å². The lowest BCUT2D eigenvalue weighted by Gasteiger charge is -2.06. The van der Waals surface area contributed by atoms with Crippen molar-refractivity contribution in [3.05, 3.63) is 16.1 Å². The second-order valence-electron chi connectivity index (χ2n) is 3.59. The van der Waals surface area contributed by atoms with E-state index in [1.807, 2.05) is 6.92 Å². The third-order valence-corrected chi connectivity index (χ3v) is 3.02. The van der Waals surface area contributed by atoms with E-state index in [-0.39, 0.29) is 6.10 Å². The molecule has 0 bridgehead atoms. The summed E-state index contributed by atoms with van der Waals surface area (Å²) in [4.78, 5) is 4.48. The molecular formula is C10H18N2OS. The standard InChI is InChI=1S/C10H18N2OS/c1-7(2)11-5-9-6-14-10(12-9)8(3)13-4/h6-8,11H,5H2,1-4H3. The topological polar surface area (TPSA) is 34.1 Å². The third kappa shape index (κ3) is 3.36. The predicted octanol–water partition coefficient (Wildman–Crippen LogP) is 2.35. The zero-order valence-electron chi connectivity index (χ0n) is 9.20. The monoisotopic (exact) mass is 214 g/mol. The first-order chi connectivity index (χ1) is 6.63. The molecule has 1 heterocycles. The summed E-state index contributed by atoms with van der Waals surface area (Å²) in [5.41, 5.74) is 1.10. The first-order valence-corrected chi connectivity index (χ1v) is 5.72. The van der Waals surface area contributed by atoms with E-state index < -0.39 is 0 Å². The smallest absolute Gasteiger partial charge is 0.122 e. The van der Waals surface area contributed by atoms with Gasteiger partial charge in [0.05, 0.1) is 5.69 Å². The summed E-state index contributed by atoms with van der Waals surface area (Å²) in [5, 5.41) is 6.47. The summed E-state index contributed by atoms with van der Waals surface area (Å²) in [5.74, 6) is 0. The van der Waals surface area contributed by atoms with Crippen molar-refractivity contribution < 1.29 is 4.74 Å². The molecular weight excluding hydrogens is 196 g/mol. The van der Waals surface area contributed by atoms with Gasteiger partial charge in [-0.25, -0.2) is 4.98 Å². The molecule has 1 aromatic heterocycles. The van der Waals surface area contributed by atoms with Crippen molar-refractivity contribution >= 4 is 11.3 Å². The second-order valence-corrected chi connectivity index (χ2v) is 4.48. The molecule has 0 saturated carbocycles. The Kier molecular flexibility index (Phi) is 4.51. The fraction of sp³-hybridized carbons (Fsp3) is 0.700. The molecule has 4 heteroatoms. The van der Waals surface area contributed by atoms with Crippen LogP contribution >= 0.6 is 11.3 Å². The van der Waals surface area contributed by atoms with Crippen molar-refractivity contribution in [1.29, 1.82) is 0 Å². The molecule has 1 aromatic rings. The number of ether oxygens (including phenoxy) is 1. The van der Waals surface area contributed by atoms with Gasteiger partial charge < -0.3 is 10.1 Å². The largest absolute Gasteiger partial charge is 0.375 e. The Hall–Kier alpha value is -0.450. The van der Waals surface area contributed by atoms with Crippen molar-refractivity contribution in [3.63, 3.8) is 0 Å². The lowest BCUT2D eigenvalue weighted by atomic mass is 10.3. The van der Waals surface area contributed by atoms with Crippen molar-refractivity contribution in [2.45, 2.75) is 39.5 Å². The van der Waals surface area contributed by atoms with Gasteiger partial charge >= 0.3 is 0 Å². The van der Waals surface area contributed by atoms with Crippen LogP contribution in [0.25, 0.3) is 0 Å². The molecule has 0 amide bonds. The van der Waals surface area contributed by atoms with E-state index in [9.17, 15) is 0 Å². The number of nitrogens with zero attached hydrogens (tertiary/aromatic N) is 1. The van der Waals surface area contributed by atoms with Gasteiger partial charge in [0.1, 0.15) is 11.1 Å². The van der Waals surface area contributed by atoms with E-state index in [0.29, 0.717) is 6.04 Å². The molecule has 0 aliphatic heterocycles. The van der Waals surface area contributed by atoms with Gasteiger partial charge in [-0.05, 0) is 6.92 Å². The average molecular weight is 214 g/mol. The van der Waals surface area contributed by atoms with E-state index in [2.05, 4.69) is 29.5 Å². The third-order valence-electron chi connectivity index (χ3n) is 1.96. The van der Waals surface area contributed by atoms with E-state index in [1.165, 1.54) is 0 Å². The van der Waals surface area contributed by atoms with E-state index in [0.717, 1.165) is 17.2 Å². The van der Waals surface area contributed by atoms with E-state index in [1.54, 1.807) is 18.4 Å². The summed E-state index contributed by atoms with van der Waals surface area (Å²) in [6.07, 6.45) is 0.104. The normalized spacial score (nSPS) is 13.5. The highest BCUT2D eigenvalue weighted by Crippen LogP contribution is 2.20. The number of methoxy groups -OCH3 is 1. The van der Waals surface area contributed by atoms with Crippen molar-refractivity contribution in [2.75, 3.05) is 7.11 Å². The molecule has 0 aliphatic carbocycles. The van der Waals surface area contributed by atoms with Crippen LogP contribution in [0.5, 0.6) is 0 Å². The molecule has 1 atom stereocenters. The minimum Gasteiger partial charge on any atom is -0.375 e. The first kappa shape index (κ1) is 11.6. The molecule has 3 nitrogen and oxygen atoms in total. The maximum atomic E-state index is 5.20. The molecule has 0 saturated heterocycles. The predicted molar refractivity (Wildman–Crippen MR) is 59.5 cm³/mol. The van der Waals surface area contributed by atoms with Crippen molar-refractivity contribution in [3.8, 4) is 0 Å². The minimum absolute atomic E-state index is 0.104. The van der Waals surface area contributed by atoms with Gasteiger partial charge in [0.2, 0.25) is 0 Å². The Labute approximate surface area is 89.5 Å². The lowest BCUT2D eigenvalue weighted by molar-refractivity contribution is 0.119. The van der Waals surface area contributed by atoms with E-state index in [4.69, 9.17) is 4.74 Å². The molecule has 0 fully saturated rings. The maximum absolute atomic E-state index is 5.20. The SMILES string of the molecule is COC(C)c1nc(CNC(C)C)cs1. The highest BCUT2D eigenvalue weighted by Gasteiger charge is 2.08. The van der Waals surface area contributed by atoms with Crippen LogP contribution in [0.2, 0.25) is 0 Å². The molecule has 0 aromatic carbocycles. The Balaban J connectivity index is 2.50. The molecule has 80 valence electrons. The summed E-state index contributed by atoms with van der Waals surface area (Å²) in [7, 11) is 1.71. The molecule has 0 aliphatic rings. The van der Waals surface area contributed by atoms with Gasteiger partial charge in [-0.2, -0.15) is 0 Å². The highest BCUT2D eigenvalue weighted by atomic mass is 32.1. The molecule has 0 radical (unpaired) electrons. The number of aromatic nitrogens is 1. The minimum atomic E-state index is 0.104. The van der Waals surface area contributed by atoms with Crippen LogP contribution in [0, 0.1) is 0 Å². The Morgan fingerprint density at radius 2 is 2.21 bits per heavy atom. The maximum Gasteiger partial charge on any atom is 0.122 e. The van der Waals surface area contributed by atoms with Crippen LogP contribution < -0.4 is 5.32 Å². The van der Waals surface area contributed by atoms with Crippen LogP contribution in [0.3, 0.4) is 0 Å². The summed E-state index contributed by atoms with van der Waals surface area (Å²) < 4.78 is 5.20. The van der Waals surface area contributed by atoms with Gasteiger partial charge in [-0.1, -0.05) is 13.8 Å². The summed E-state index contributed by atoms with van der Waals surface area (Å²) >= 11 is 1.66. The van der Waals surface area contributed by atoms with Crippen LogP contribution in [0.15, 0.2) is 5.38 Å². The fourth-order valence-corrected chi connectivity index (χ4v) is 1.85. The average Bonchev–Trinajstić information content (AvgIpc) is 2.62. The lowest BCUT2D eigenvalue weighted by Crippen LogP contribution is -2.21. The van der Waals surface area contributed by atoms with Crippen molar-refractivity contribution in [1.82, 2.24) is 10.3 Å². The number of rotatable bonds is 5. The molecule has 14 heavy (non-hydrogen) atoms. The van der Waals surface area contributed by atoms with Crippen LogP contribution in [-0.4, -0.2) is 18.1 Å². The van der Waals surface area contributed by atoms with Crippen LogP contribution in [-0.2, 0) is 11.3 Å². The van der Waals surface area contributed by atoms with Crippen molar-refractivity contribution in [2.24, 2.45) is 0 Å². The summed E-state index contributed by atoms with van der Waals surface area (Å²) in [6, 6.07) is 0.500. The Morgan fingerprint density at radius 1 is 1.50 bits per heavy atom. The fourth-order valence-electron chi connectivity index (χ4n) is 1.00. The molecule has 1 rings (SSSR count). The molecule has 1 N–H and O–H groups in total. The number of nitrogens with one attached hydrogen (secondary N) is 1. The first-order valence-electron chi connectivity index (χ1n) is 4.84. The van der Waals surface area contributed by atoms with Crippen LogP contribution in [0.1, 0.15) is 37.6 Å². The molecule has 1 unspecified atom stereocenters. The van der Waals surface area contributed by atoms with Gasteiger partial charge in [-0.15, -0.1) is 11.3 Å². The van der Waals surface area contributed by atoms with Crippen LogP contribution in [0.4, 0.5) is 0 Å². The molecule has 0 spiro atoms. The number of hydrogen-bond donors (Lipinski definition) is 1. The van der Waals surface area contributed by atoms with Gasteiger partial charge in [0.15, 0.2) is 0 Å². The Bertz CT molecular complexity index is 273. The van der Waals surface area contributed by atoms with Gasteiger partial charge in [0.25, 0.3) is 0 Å². The zero-order valence-corrected chi connectivity index (χ0v) is 10.0. The quantitative estimate of drug-likeness (QED) is 0.817.